The predicted octanol–water partition coefficient (Wildman–Crippen LogP) is 3.68. The Hall–Kier alpha value is -0.820. The summed E-state index contributed by atoms with van der Waals surface area (Å²) in [7, 11) is 0. The molecule has 0 radical (unpaired) electrons. The van der Waals surface area contributed by atoms with E-state index in [2.05, 4.69) is 45.0 Å². The summed E-state index contributed by atoms with van der Waals surface area (Å²) < 4.78 is 0. The van der Waals surface area contributed by atoms with Gasteiger partial charge < -0.3 is 5.73 Å². The van der Waals surface area contributed by atoms with E-state index in [4.69, 9.17) is 5.73 Å². The van der Waals surface area contributed by atoms with Crippen LogP contribution in [0.25, 0.3) is 0 Å². The normalized spacial score (nSPS) is 11.9. The highest BCUT2D eigenvalue weighted by Crippen LogP contribution is 2.19. The van der Waals surface area contributed by atoms with E-state index in [1.54, 1.807) is 0 Å². The molecule has 80 valence electrons. The fourth-order valence-electron chi connectivity index (χ4n) is 1.26. The van der Waals surface area contributed by atoms with Crippen molar-refractivity contribution in [1.29, 1.82) is 0 Å². The van der Waals surface area contributed by atoms with Gasteiger partial charge in [0.05, 0.1) is 0 Å². The van der Waals surface area contributed by atoms with Crippen molar-refractivity contribution in [3.63, 3.8) is 0 Å². The lowest BCUT2D eigenvalue weighted by Gasteiger charge is -2.16. The topological polar surface area (TPSA) is 26.0 Å². The molecule has 1 rings (SSSR count). The maximum absolute atomic E-state index is 6.01. The first-order valence-electron chi connectivity index (χ1n) is 5.43. The Bertz CT molecular complexity index is 253. The van der Waals surface area contributed by atoms with Crippen molar-refractivity contribution in [1.82, 2.24) is 0 Å². The minimum Gasteiger partial charge on any atom is -0.324 e. The molecule has 1 atom stereocenters. The summed E-state index contributed by atoms with van der Waals surface area (Å²) in [6.07, 6.45) is 0. The van der Waals surface area contributed by atoms with Crippen LogP contribution in [0.4, 0.5) is 0 Å². The van der Waals surface area contributed by atoms with Gasteiger partial charge in [0.25, 0.3) is 0 Å². The molecule has 0 saturated carbocycles. The lowest BCUT2D eigenvalue weighted by atomic mass is 9.96. The molecule has 14 heavy (non-hydrogen) atoms. The van der Waals surface area contributed by atoms with Crippen molar-refractivity contribution >= 4 is 0 Å². The zero-order valence-electron chi connectivity index (χ0n) is 10.0. The third kappa shape index (κ3) is 3.93. The van der Waals surface area contributed by atoms with Gasteiger partial charge in [-0.1, -0.05) is 57.5 Å². The molecular formula is C13H23N. The third-order valence-corrected chi connectivity index (χ3v) is 2.15. The van der Waals surface area contributed by atoms with Crippen molar-refractivity contribution in [2.24, 2.45) is 11.7 Å². The van der Waals surface area contributed by atoms with Gasteiger partial charge in [0.1, 0.15) is 0 Å². The fourth-order valence-corrected chi connectivity index (χ4v) is 1.26. The van der Waals surface area contributed by atoms with Crippen molar-refractivity contribution < 1.29 is 0 Å². The highest BCUT2D eigenvalue weighted by atomic mass is 14.6. The second kappa shape index (κ2) is 6.61. The Morgan fingerprint density at radius 3 is 2.14 bits per heavy atom. The number of hydrogen-bond donors (Lipinski definition) is 1. The van der Waals surface area contributed by atoms with E-state index >= 15 is 0 Å². The molecule has 0 aliphatic rings. The molecule has 0 fully saturated rings. The van der Waals surface area contributed by atoms with E-state index in [9.17, 15) is 0 Å². The molecule has 1 nitrogen and oxygen atoms in total. The average molecular weight is 193 g/mol. The van der Waals surface area contributed by atoms with E-state index in [1.807, 2.05) is 13.8 Å². The van der Waals surface area contributed by atoms with Gasteiger partial charge in [-0.15, -0.1) is 0 Å². The monoisotopic (exact) mass is 193 g/mol. The zero-order valence-corrected chi connectivity index (χ0v) is 10.0. The van der Waals surface area contributed by atoms with Crippen LogP contribution < -0.4 is 5.73 Å². The number of nitrogens with two attached hydrogens (primary N) is 1. The SMILES string of the molecule is CC.Cc1cccc(C(N)C(C)C)c1. The maximum atomic E-state index is 6.01. The van der Waals surface area contributed by atoms with Crippen LogP contribution in [0.5, 0.6) is 0 Å². The summed E-state index contributed by atoms with van der Waals surface area (Å²) in [5, 5.41) is 0. The predicted molar refractivity (Wildman–Crippen MR) is 64.3 cm³/mol. The molecule has 1 aromatic carbocycles. The van der Waals surface area contributed by atoms with E-state index in [0.29, 0.717) is 5.92 Å². The van der Waals surface area contributed by atoms with Gasteiger partial charge >= 0.3 is 0 Å². The van der Waals surface area contributed by atoms with Gasteiger partial charge in [-0.3, -0.25) is 0 Å². The first-order chi connectivity index (χ1) is 6.61. The van der Waals surface area contributed by atoms with Crippen molar-refractivity contribution in [2.45, 2.75) is 40.7 Å². The van der Waals surface area contributed by atoms with Crippen LogP contribution in [0.15, 0.2) is 24.3 Å². The Balaban J connectivity index is 0.000000791. The summed E-state index contributed by atoms with van der Waals surface area (Å²) in [6, 6.07) is 8.58. The van der Waals surface area contributed by atoms with E-state index < -0.39 is 0 Å². The van der Waals surface area contributed by atoms with Crippen LogP contribution in [0.3, 0.4) is 0 Å². The van der Waals surface area contributed by atoms with Gasteiger partial charge in [0.2, 0.25) is 0 Å². The Kier molecular flexibility index (Phi) is 6.22. The minimum atomic E-state index is 0.171. The van der Waals surface area contributed by atoms with Crippen LogP contribution >= 0.6 is 0 Å². The largest absolute Gasteiger partial charge is 0.324 e. The maximum Gasteiger partial charge on any atom is 0.0318 e. The van der Waals surface area contributed by atoms with Gasteiger partial charge in [-0.2, -0.15) is 0 Å². The van der Waals surface area contributed by atoms with Crippen molar-refractivity contribution in [3.05, 3.63) is 35.4 Å². The molecule has 2 N–H and O–H groups in total. The van der Waals surface area contributed by atoms with E-state index in [0.717, 1.165) is 0 Å². The summed E-state index contributed by atoms with van der Waals surface area (Å²) in [4.78, 5) is 0. The fraction of sp³-hybridized carbons (Fsp3) is 0.538. The standard InChI is InChI=1S/C11H17N.C2H6/c1-8(2)11(12)10-6-4-5-9(3)7-10;1-2/h4-8,11H,12H2,1-3H3;1-2H3. The molecular weight excluding hydrogens is 170 g/mol. The molecule has 1 heteroatoms. The van der Waals surface area contributed by atoms with Gasteiger partial charge in [-0.25, -0.2) is 0 Å². The number of benzene rings is 1. The number of aryl methyl sites for hydroxylation is 1. The first kappa shape index (κ1) is 13.2. The zero-order chi connectivity index (χ0) is 11.1. The van der Waals surface area contributed by atoms with E-state index in [1.165, 1.54) is 11.1 Å². The second-order valence-electron chi connectivity index (χ2n) is 3.68. The Morgan fingerprint density at radius 2 is 1.71 bits per heavy atom. The summed E-state index contributed by atoms with van der Waals surface area (Å²) in [6.45, 7) is 10.4. The number of hydrogen-bond acceptors (Lipinski definition) is 1. The van der Waals surface area contributed by atoms with Crippen LogP contribution in [0.2, 0.25) is 0 Å². The minimum absolute atomic E-state index is 0.171. The molecule has 0 bridgehead atoms. The number of rotatable bonds is 2. The summed E-state index contributed by atoms with van der Waals surface area (Å²) in [5.41, 5.74) is 8.53. The lowest BCUT2D eigenvalue weighted by Crippen LogP contribution is -2.16. The van der Waals surface area contributed by atoms with Crippen LogP contribution in [-0.4, -0.2) is 0 Å². The van der Waals surface area contributed by atoms with Gasteiger partial charge in [0.15, 0.2) is 0 Å². The van der Waals surface area contributed by atoms with Crippen molar-refractivity contribution in [3.8, 4) is 0 Å². The first-order valence-corrected chi connectivity index (χ1v) is 5.43. The molecule has 0 spiro atoms. The molecule has 0 heterocycles. The van der Waals surface area contributed by atoms with Crippen LogP contribution in [0.1, 0.15) is 44.9 Å². The summed E-state index contributed by atoms with van der Waals surface area (Å²) in [5.74, 6) is 0.506. The highest BCUT2D eigenvalue weighted by molar-refractivity contribution is 5.24. The molecule has 1 unspecified atom stereocenters. The van der Waals surface area contributed by atoms with Gasteiger partial charge in [0, 0.05) is 6.04 Å². The molecule has 0 aliphatic heterocycles. The molecule has 0 aliphatic carbocycles. The molecule has 0 aromatic heterocycles. The second-order valence-corrected chi connectivity index (χ2v) is 3.68. The van der Waals surface area contributed by atoms with Gasteiger partial charge in [-0.05, 0) is 18.4 Å². The summed E-state index contributed by atoms with van der Waals surface area (Å²) >= 11 is 0. The molecule has 1 aromatic rings. The van der Waals surface area contributed by atoms with Crippen molar-refractivity contribution in [2.75, 3.05) is 0 Å². The van der Waals surface area contributed by atoms with Crippen LogP contribution in [0, 0.1) is 12.8 Å². The average Bonchev–Trinajstić information content (AvgIpc) is 2.19. The van der Waals surface area contributed by atoms with Crippen LogP contribution in [-0.2, 0) is 0 Å². The Labute approximate surface area is 88.3 Å². The smallest absolute Gasteiger partial charge is 0.0318 e. The Morgan fingerprint density at radius 1 is 1.14 bits per heavy atom. The molecule has 0 saturated heterocycles. The quantitative estimate of drug-likeness (QED) is 0.762. The lowest BCUT2D eigenvalue weighted by molar-refractivity contribution is 0.514. The third-order valence-electron chi connectivity index (χ3n) is 2.15. The highest BCUT2D eigenvalue weighted by Gasteiger charge is 2.09. The molecule has 0 amide bonds. The van der Waals surface area contributed by atoms with E-state index in [-0.39, 0.29) is 6.04 Å².